The van der Waals surface area contributed by atoms with Crippen LogP contribution in [0.4, 0.5) is 4.39 Å². The van der Waals surface area contributed by atoms with Gasteiger partial charge in [-0.15, -0.1) is 0 Å². The van der Waals surface area contributed by atoms with Gasteiger partial charge in [-0.05, 0) is 45.0 Å². The van der Waals surface area contributed by atoms with Gasteiger partial charge in [-0.3, -0.25) is 4.79 Å². The van der Waals surface area contributed by atoms with Gasteiger partial charge in [0.15, 0.2) is 17.3 Å². The first kappa shape index (κ1) is 13.0. The SMILES string of the molecule is CC(=O)c1ccc(OCCN(C)C2CC2)c(F)c1. The Morgan fingerprint density at radius 3 is 2.78 bits per heavy atom. The van der Waals surface area contributed by atoms with Crippen molar-refractivity contribution in [2.75, 3.05) is 20.2 Å². The number of ketones is 1. The lowest BCUT2D eigenvalue weighted by Gasteiger charge is -2.16. The van der Waals surface area contributed by atoms with Gasteiger partial charge in [0.05, 0.1) is 0 Å². The minimum atomic E-state index is -0.475. The fraction of sp³-hybridized carbons (Fsp3) is 0.500. The maximum atomic E-state index is 13.6. The number of likely N-dealkylation sites (N-methyl/N-ethyl adjacent to an activating group) is 1. The molecule has 0 saturated heterocycles. The Morgan fingerprint density at radius 1 is 1.50 bits per heavy atom. The maximum absolute atomic E-state index is 13.6. The number of hydrogen-bond donors (Lipinski definition) is 0. The van der Waals surface area contributed by atoms with Crippen LogP contribution in [0.25, 0.3) is 0 Å². The smallest absolute Gasteiger partial charge is 0.165 e. The number of benzene rings is 1. The molecule has 0 spiro atoms. The summed E-state index contributed by atoms with van der Waals surface area (Å²) in [6, 6.07) is 5.01. The summed E-state index contributed by atoms with van der Waals surface area (Å²) in [5.41, 5.74) is 0.370. The fourth-order valence-corrected chi connectivity index (χ4v) is 1.83. The van der Waals surface area contributed by atoms with Gasteiger partial charge in [-0.2, -0.15) is 0 Å². The zero-order valence-corrected chi connectivity index (χ0v) is 10.8. The standard InChI is InChI=1S/C14H18FNO2/c1-10(17)11-3-6-14(13(15)9-11)18-8-7-16(2)12-4-5-12/h3,6,9,12H,4-5,7-8H2,1-2H3. The van der Waals surface area contributed by atoms with E-state index in [1.165, 1.54) is 31.9 Å². The van der Waals surface area contributed by atoms with Gasteiger partial charge in [0.2, 0.25) is 0 Å². The average Bonchev–Trinajstić information content (AvgIpc) is 3.14. The summed E-state index contributed by atoms with van der Waals surface area (Å²) >= 11 is 0. The van der Waals surface area contributed by atoms with E-state index in [1.54, 1.807) is 6.07 Å². The quantitative estimate of drug-likeness (QED) is 0.727. The molecule has 3 nitrogen and oxygen atoms in total. The molecule has 0 N–H and O–H groups in total. The molecule has 2 rings (SSSR count). The monoisotopic (exact) mass is 251 g/mol. The number of rotatable bonds is 6. The van der Waals surface area contributed by atoms with Gasteiger partial charge in [0, 0.05) is 18.2 Å². The summed E-state index contributed by atoms with van der Waals surface area (Å²) in [6.07, 6.45) is 2.50. The van der Waals surface area contributed by atoms with E-state index in [1.807, 2.05) is 0 Å². The Balaban J connectivity index is 1.86. The van der Waals surface area contributed by atoms with Crippen molar-refractivity contribution in [1.82, 2.24) is 4.90 Å². The molecule has 1 saturated carbocycles. The van der Waals surface area contributed by atoms with Crippen LogP contribution in [0.1, 0.15) is 30.1 Å². The van der Waals surface area contributed by atoms with E-state index < -0.39 is 5.82 Å². The van der Waals surface area contributed by atoms with Gasteiger partial charge in [-0.25, -0.2) is 4.39 Å². The number of halogens is 1. The third-order valence-corrected chi connectivity index (χ3v) is 3.21. The summed E-state index contributed by atoms with van der Waals surface area (Å²) in [7, 11) is 2.05. The Morgan fingerprint density at radius 2 is 2.22 bits per heavy atom. The summed E-state index contributed by atoms with van der Waals surface area (Å²) < 4.78 is 19.0. The third kappa shape index (κ3) is 3.29. The molecule has 1 fully saturated rings. The molecule has 1 aliphatic rings. The average molecular weight is 251 g/mol. The number of carbonyl (C=O) groups excluding carboxylic acids is 1. The molecule has 1 aliphatic carbocycles. The first-order valence-electron chi connectivity index (χ1n) is 6.21. The zero-order chi connectivity index (χ0) is 13.1. The first-order chi connectivity index (χ1) is 8.58. The second-order valence-corrected chi connectivity index (χ2v) is 4.76. The highest BCUT2D eigenvalue weighted by molar-refractivity contribution is 5.94. The van der Waals surface area contributed by atoms with E-state index >= 15 is 0 Å². The van der Waals surface area contributed by atoms with Gasteiger partial charge in [0.1, 0.15) is 6.61 Å². The predicted molar refractivity (Wildman–Crippen MR) is 67.6 cm³/mol. The second kappa shape index (κ2) is 5.48. The van der Waals surface area contributed by atoms with Crippen LogP contribution in [0, 0.1) is 5.82 Å². The number of carbonyl (C=O) groups is 1. The molecule has 4 heteroatoms. The highest BCUT2D eigenvalue weighted by atomic mass is 19.1. The highest BCUT2D eigenvalue weighted by Crippen LogP contribution is 2.25. The van der Waals surface area contributed by atoms with Gasteiger partial charge >= 0.3 is 0 Å². The van der Waals surface area contributed by atoms with Crippen molar-refractivity contribution in [3.63, 3.8) is 0 Å². The molecule has 0 atom stereocenters. The fourth-order valence-electron chi connectivity index (χ4n) is 1.83. The maximum Gasteiger partial charge on any atom is 0.165 e. The highest BCUT2D eigenvalue weighted by Gasteiger charge is 2.25. The normalized spacial score (nSPS) is 14.9. The van der Waals surface area contributed by atoms with Gasteiger partial charge in [-0.1, -0.05) is 0 Å². The minimum absolute atomic E-state index is 0.145. The topological polar surface area (TPSA) is 29.5 Å². The van der Waals surface area contributed by atoms with Crippen LogP contribution in [-0.4, -0.2) is 36.9 Å². The second-order valence-electron chi connectivity index (χ2n) is 4.76. The van der Waals surface area contributed by atoms with E-state index in [4.69, 9.17) is 4.74 Å². The molecule has 0 aliphatic heterocycles. The molecule has 0 unspecified atom stereocenters. The van der Waals surface area contributed by atoms with Crippen molar-refractivity contribution in [2.45, 2.75) is 25.8 Å². The molecule has 0 heterocycles. The molecule has 1 aromatic rings. The van der Waals surface area contributed by atoms with Gasteiger partial charge in [0.25, 0.3) is 0 Å². The molecule has 18 heavy (non-hydrogen) atoms. The van der Waals surface area contributed by atoms with Crippen molar-refractivity contribution in [3.8, 4) is 5.75 Å². The third-order valence-electron chi connectivity index (χ3n) is 3.21. The van der Waals surface area contributed by atoms with E-state index in [0.29, 0.717) is 18.2 Å². The summed E-state index contributed by atoms with van der Waals surface area (Å²) in [5.74, 6) is -0.408. The van der Waals surface area contributed by atoms with Crippen molar-refractivity contribution < 1.29 is 13.9 Å². The van der Waals surface area contributed by atoms with E-state index in [-0.39, 0.29) is 11.5 Å². The molecule has 0 radical (unpaired) electrons. The van der Waals surface area contributed by atoms with E-state index in [0.717, 1.165) is 6.54 Å². The van der Waals surface area contributed by atoms with Crippen molar-refractivity contribution in [1.29, 1.82) is 0 Å². The van der Waals surface area contributed by atoms with Crippen molar-refractivity contribution in [2.24, 2.45) is 0 Å². The van der Waals surface area contributed by atoms with Crippen LogP contribution >= 0.6 is 0 Å². The van der Waals surface area contributed by atoms with Crippen molar-refractivity contribution >= 4 is 5.78 Å². The van der Waals surface area contributed by atoms with Gasteiger partial charge < -0.3 is 9.64 Å². The summed E-state index contributed by atoms with van der Waals surface area (Å²) in [6.45, 7) is 2.67. The Bertz CT molecular complexity index is 443. The molecule has 0 aromatic heterocycles. The number of ether oxygens (including phenoxy) is 1. The van der Waals surface area contributed by atoms with Crippen molar-refractivity contribution in [3.05, 3.63) is 29.6 Å². The Kier molecular flexibility index (Phi) is 3.97. The Hall–Kier alpha value is -1.42. The molecule has 98 valence electrons. The molecular formula is C14H18FNO2. The Labute approximate surface area is 107 Å². The zero-order valence-electron chi connectivity index (χ0n) is 10.8. The van der Waals surface area contributed by atoms with Crippen LogP contribution in [-0.2, 0) is 0 Å². The molecular weight excluding hydrogens is 233 g/mol. The predicted octanol–water partition coefficient (Wildman–Crippen LogP) is 2.50. The summed E-state index contributed by atoms with van der Waals surface area (Å²) in [5, 5.41) is 0. The summed E-state index contributed by atoms with van der Waals surface area (Å²) in [4.78, 5) is 13.3. The lowest BCUT2D eigenvalue weighted by molar-refractivity contribution is 0.101. The largest absolute Gasteiger partial charge is 0.489 e. The van der Waals surface area contributed by atoms with E-state index in [9.17, 15) is 9.18 Å². The molecule has 0 amide bonds. The number of nitrogens with zero attached hydrogens (tertiary/aromatic N) is 1. The van der Waals surface area contributed by atoms with E-state index in [2.05, 4.69) is 11.9 Å². The van der Waals surface area contributed by atoms with Crippen LogP contribution in [0.5, 0.6) is 5.75 Å². The van der Waals surface area contributed by atoms with Crippen LogP contribution in [0.15, 0.2) is 18.2 Å². The lowest BCUT2D eigenvalue weighted by Crippen LogP contribution is -2.26. The minimum Gasteiger partial charge on any atom is -0.489 e. The molecule has 0 bridgehead atoms. The van der Waals surface area contributed by atoms with Crippen LogP contribution in [0.3, 0.4) is 0 Å². The number of Topliss-reactive ketones (excluding diaryl/α,β-unsaturated/α-hetero) is 1. The first-order valence-corrected chi connectivity index (χ1v) is 6.21. The molecule has 1 aromatic carbocycles. The lowest BCUT2D eigenvalue weighted by atomic mass is 10.1. The van der Waals surface area contributed by atoms with Crippen LogP contribution < -0.4 is 4.74 Å². The van der Waals surface area contributed by atoms with Crippen LogP contribution in [0.2, 0.25) is 0 Å². The number of hydrogen-bond acceptors (Lipinski definition) is 3.